The van der Waals surface area contributed by atoms with Crippen LogP contribution in [0.1, 0.15) is 23.1 Å². The minimum Gasteiger partial charge on any atom is -0.366 e. The molecule has 0 fully saturated rings. The Hall–Kier alpha value is -2.21. The van der Waals surface area contributed by atoms with Gasteiger partial charge in [0.05, 0.1) is 16.3 Å². The van der Waals surface area contributed by atoms with E-state index < -0.39 is 11.7 Å². The molecule has 1 amide bonds. The lowest BCUT2D eigenvalue weighted by molar-refractivity contribution is -0.137. The molecule has 0 aromatic heterocycles. The van der Waals surface area contributed by atoms with Gasteiger partial charge in [-0.1, -0.05) is 23.7 Å². The van der Waals surface area contributed by atoms with Crippen molar-refractivity contribution in [1.29, 1.82) is 0 Å². The van der Waals surface area contributed by atoms with E-state index in [4.69, 9.17) is 11.6 Å². The third-order valence-corrected chi connectivity index (χ3v) is 4.50. The van der Waals surface area contributed by atoms with E-state index in [1.807, 2.05) is 6.07 Å². The smallest absolute Gasteiger partial charge is 0.366 e. The van der Waals surface area contributed by atoms with Crippen LogP contribution in [-0.4, -0.2) is 13.0 Å². The molecule has 0 spiro atoms. The molecule has 1 heterocycles. The van der Waals surface area contributed by atoms with Crippen LogP contribution in [0.3, 0.4) is 0 Å². The van der Waals surface area contributed by atoms with E-state index in [9.17, 15) is 18.0 Å². The number of rotatable bonds is 4. The number of hydrogen-bond donors (Lipinski definition) is 1. The predicted molar refractivity (Wildman–Crippen MR) is 92.0 cm³/mol. The highest BCUT2D eigenvalue weighted by molar-refractivity contribution is 6.33. The molecule has 0 aliphatic carbocycles. The van der Waals surface area contributed by atoms with Gasteiger partial charge in [0, 0.05) is 18.8 Å². The lowest BCUT2D eigenvalue weighted by atomic mass is 10.00. The number of halogens is 4. The Bertz CT molecular complexity index is 775. The van der Waals surface area contributed by atoms with Crippen molar-refractivity contribution >= 4 is 29.4 Å². The maximum absolute atomic E-state index is 12.7. The van der Waals surface area contributed by atoms with Gasteiger partial charge in [-0.25, -0.2) is 0 Å². The van der Waals surface area contributed by atoms with Gasteiger partial charge in [0.15, 0.2) is 0 Å². The molecule has 0 atom stereocenters. The second-order valence-electron chi connectivity index (χ2n) is 5.95. The molecule has 1 aliphatic rings. The summed E-state index contributed by atoms with van der Waals surface area (Å²) in [5, 5.41) is 3.12. The molecule has 3 rings (SSSR count). The second kappa shape index (κ2) is 6.96. The predicted octanol–water partition coefficient (Wildman–Crippen LogP) is 4.88. The zero-order valence-electron chi connectivity index (χ0n) is 13.2. The highest BCUT2D eigenvalue weighted by Crippen LogP contribution is 2.38. The quantitative estimate of drug-likeness (QED) is 0.780. The highest BCUT2D eigenvalue weighted by atomic mass is 35.5. The van der Waals surface area contributed by atoms with E-state index in [1.54, 1.807) is 6.07 Å². The van der Waals surface area contributed by atoms with Crippen molar-refractivity contribution in [2.24, 2.45) is 0 Å². The van der Waals surface area contributed by atoms with Gasteiger partial charge >= 0.3 is 6.18 Å². The number of aryl methyl sites for hydroxylation is 1. The minimum atomic E-state index is -4.33. The molecule has 7 heteroatoms. The summed E-state index contributed by atoms with van der Waals surface area (Å²) in [5.74, 6) is 0. The van der Waals surface area contributed by atoms with Crippen molar-refractivity contribution < 1.29 is 18.0 Å². The number of nitrogens with one attached hydrogen (secondary N) is 1. The van der Waals surface area contributed by atoms with Gasteiger partial charge < -0.3 is 10.2 Å². The standard InChI is InChI=1S/C18H16ClF3N2O/c19-16-9-15(23-11-25)8-13-2-1-7-24(17(13)16)10-12-3-5-14(6-4-12)18(20,21)22/h3-6,8-9,11H,1-2,7,10H2,(H,23,25). The third-order valence-electron chi connectivity index (χ3n) is 4.21. The minimum absolute atomic E-state index is 0.477. The molecule has 0 unspecified atom stereocenters. The molecule has 25 heavy (non-hydrogen) atoms. The summed E-state index contributed by atoms with van der Waals surface area (Å²) in [5.41, 5.74) is 2.67. The summed E-state index contributed by atoms with van der Waals surface area (Å²) < 4.78 is 38.0. The molecule has 1 N–H and O–H groups in total. The maximum Gasteiger partial charge on any atom is 0.416 e. The molecule has 2 aromatic carbocycles. The lowest BCUT2D eigenvalue weighted by Gasteiger charge is -2.32. The summed E-state index contributed by atoms with van der Waals surface area (Å²) in [6.07, 6.45) is -1.98. The number of amides is 1. The van der Waals surface area contributed by atoms with Crippen molar-refractivity contribution in [3.05, 3.63) is 58.1 Å². The topological polar surface area (TPSA) is 32.3 Å². The Kier molecular flexibility index (Phi) is 4.90. The van der Waals surface area contributed by atoms with Crippen molar-refractivity contribution in [3.63, 3.8) is 0 Å². The van der Waals surface area contributed by atoms with Crippen LogP contribution >= 0.6 is 11.6 Å². The Morgan fingerprint density at radius 1 is 1.20 bits per heavy atom. The van der Waals surface area contributed by atoms with Crippen LogP contribution in [0.5, 0.6) is 0 Å². The Labute approximate surface area is 148 Å². The van der Waals surface area contributed by atoms with Crippen molar-refractivity contribution in [2.45, 2.75) is 25.6 Å². The van der Waals surface area contributed by atoms with Gasteiger partial charge in [0.2, 0.25) is 6.41 Å². The highest BCUT2D eigenvalue weighted by Gasteiger charge is 2.30. The summed E-state index contributed by atoms with van der Waals surface area (Å²) in [6.45, 7) is 1.25. The van der Waals surface area contributed by atoms with Gasteiger partial charge in [-0.05, 0) is 48.2 Å². The number of alkyl halides is 3. The molecule has 3 nitrogen and oxygen atoms in total. The first-order chi connectivity index (χ1) is 11.9. The Morgan fingerprint density at radius 2 is 1.92 bits per heavy atom. The van der Waals surface area contributed by atoms with Crippen molar-refractivity contribution in [3.8, 4) is 0 Å². The van der Waals surface area contributed by atoms with E-state index in [1.165, 1.54) is 12.1 Å². The Balaban J connectivity index is 1.85. The first-order valence-electron chi connectivity index (χ1n) is 7.82. The van der Waals surface area contributed by atoms with E-state index in [0.717, 1.165) is 48.3 Å². The molecule has 0 saturated carbocycles. The molecule has 1 aliphatic heterocycles. The van der Waals surface area contributed by atoms with Crippen molar-refractivity contribution in [2.75, 3.05) is 16.8 Å². The van der Waals surface area contributed by atoms with Crippen molar-refractivity contribution in [1.82, 2.24) is 0 Å². The van der Waals surface area contributed by atoms with E-state index >= 15 is 0 Å². The number of anilines is 2. The van der Waals surface area contributed by atoms with Crippen LogP contribution in [0.2, 0.25) is 5.02 Å². The lowest BCUT2D eigenvalue weighted by Crippen LogP contribution is -2.29. The number of carbonyl (C=O) groups is 1. The maximum atomic E-state index is 12.7. The Morgan fingerprint density at radius 3 is 2.56 bits per heavy atom. The number of benzene rings is 2. The fourth-order valence-electron chi connectivity index (χ4n) is 3.10. The molecular formula is C18H16ClF3N2O. The molecular weight excluding hydrogens is 353 g/mol. The van der Waals surface area contributed by atoms with Gasteiger partial charge in [0.1, 0.15) is 0 Å². The van der Waals surface area contributed by atoms with Crippen LogP contribution in [-0.2, 0) is 23.9 Å². The zero-order chi connectivity index (χ0) is 18.0. The number of nitrogens with zero attached hydrogens (tertiary/aromatic N) is 1. The first-order valence-corrected chi connectivity index (χ1v) is 8.20. The molecule has 0 radical (unpaired) electrons. The zero-order valence-corrected chi connectivity index (χ0v) is 14.0. The molecule has 2 aromatic rings. The third kappa shape index (κ3) is 3.90. The average molecular weight is 369 g/mol. The van der Waals surface area contributed by atoms with Gasteiger partial charge in [-0.3, -0.25) is 4.79 Å². The second-order valence-corrected chi connectivity index (χ2v) is 6.35. The molecule has 132 valence electrons. The first kappa shape index (κ1) is 17.6. The normalized spacial score (nSPS) is 14.2. The summed E-state index contributed by atoms with van der Waals surface area (Å²) >= 11 is 6.38. The molecule has 0 saturated heterocycles. The fraction of sp³-hybridized carbons (Fsp3) is 0.278. The number of hydrogen-bond acceptors (Lipinski definition) is 2. The van der Waals surface area contributed by atoms with Crippen LogP contribution < -0.4 is 10.2 Å². The van der Waals surface area contributed by atoms with Crippen LogP contribution in [0.4, 0.5) is 24.5 Å². The summed E-state index contributed by atoms with van der Waals surface area (Å²) in [7, 11) is 0. The van der Waals surface area contributed by atoms with E-state index in [2.05, 4.69) is 10.2 Å². The van der Waals surface area contributed by atoms with E-state index in [-0.39, 0.29) is 0 Å². The fourth-order valence-corrected chi connectivity index (χ4v) is 3.46. The number of carbonyl (C=O) groups excluding carboxylic acids is 1. The monoisotopic (exact) mass is 368 g/mol. The SMILES string of the molecule is O=CNc1cc(Cl)c2c(c1)CCCN2Cc1ccc(C(F)(F)F)cc1. The van der Waals surface area contributed by atoms with Gasteiger partial charge in [-0.2, -0.15) is 13.2 Å². The number of fused-ring (bicyclic) bond motifs is 1. The summed E-state index contributed by atoms with van der Waals surface area (Å²) in [6, 6.07) is 8.74. The molecule has 0 bridgehead atoms. The average Bonchev–Trinajstić information content (AvgIpc) is 2.54. The summed E-state index contributed by atoms with van der Waals surface area (Å²) in [4.78, 5) is 12.7. The van der Waals surface area contributed by atoms with Gasteiger partial charge in [0.25, 0.3) is 0 Å². The van der Waals surface area contributed by atoms with Crippen LogP contribution in [0.25, 0.3) is 0 Å². The van der Waals surface area contributed by atoms with Crippen LogP contribution in [0, 0.1) is 0 Å². The largest absolute Gasteiger partial charge is 0.416 e. The van der Waals surface area contributed by atoms with Gasteiger partial charge in [-0.15, -0.1) is 0 Å². The van der Waals surface area contributed by atoms with Crippen LogP contribution in [0.15, 0.2) is 36.4 Å². The van der Waals surface area contributed by atoms with E-state index in [0.29, 0.717) is 23.7 Å².